The molecule has 0 radical (unpaired) electrons. The van der Waals surface area contributed by atoms with Gasteiger partial charge in [-0.2, -0.15) is 5.06 Å². The van der Waals surface area contributed by atoms with Crippen LogP contribution in [0.3, 0.4) is 0 Å². The van der Waals surface area contributed by atoms with E-state index in [1.807, 2.05) is 48.4 Å². The molecule has 1 saturated heterocycles. The second-order valence-electron chi connectivity index (χ2n) is 5.57. The lowest BCUT2D eigenvalue weighted by Gasteiger charge is -2.25. The Morgan fingerprint density at radius 2 is 1.62 bits per heavy atom. The van der Waals surface area contributed by atoms with Crippen molar-refractivity contribution in [2.24, 2.45) is 5.92 Å². The van der Waals surface area contributed by atoms with Crippen molar-refractivity contribution in [1.29, 1.82) is 0 Å². The highest BCUT2D eigenvalue weighted by atomic mass is 16.7. The number of nitrogens with zero attached hydrogens (tertiary/aromatic N) is 1. The summed E-state index contributed by atoms with van der Waals surface area (Å²) in [5, 5.41) is 11.8. The summed E-state index contributed by atoms with van der Waals surface area (Å²) in [5.74, 6) is 0.0936. The molecule has 0 bridgehead atoms. The van der Waals surface area contributed by atoms with E-state index in [1.54, 1.807) is 0 Å². The van der Waals surface area contributed by atoms with Crippen LogP contribution in [0.2, 0.25) is 0 Å². The molecule has 0 aliphatic carbocycles. The molecule has 0 amide bonds. The minimum absolute atomic E-state index is 0.0175. The third kappa shape index (κ3) is 3.00. The Bertz CT molecular complexity index is 558. The molecule has 1 N–H and O–H groups in total. The maximum Gasteiger partial charge on any atom is 0.0834 e. The zero-order valence-corrected chi connectivity index (χ0v) is 12.2. The van der Waals surface area contributed by atoms with E-state index in [0.717, 1.165) is 6.54 Å². The van der Waals surface area contributed by atoms with Crippen LogP contribution in [0.5, 0.6) is 0 Å². The van der Waals surface area contributed by atoms with Gasteiger partial charge in [-0.3, -0.25) is 4.84 Å². The molecule has 3 heteroatoms. The number of aliphatic hydroxyl groups is 1. The number of aliphatic hydroxyl groups excluding tert-OH is 1. The molecule has 21 heavy (non-hydrogen) atoms. The van der Waals surface area contributed by atoms with E-state index < -0.39 is 0 Å². The fourth-order valence-electron chi connectivity index (χ4n) is 3.04. The van der Waals surface area contributed by atoms with E-state index in [-0.39, 0.29) is 24.7 Å². The van der Waals surface area contributed by atoms with Gasteiger partial charge in [-0.15, -0.1) is 0 Å². The van der Waals surface area contributed by atoms with Crippen molar-refractivity contribution in [3.8, 4) is 0 Å². The van der Waals surface area contributed by atoms with Crippen molar-refractivity contribution in [3.05, 3.63) is 71.8 Å². The Labute approximate surface area is 125 Å². The minimum Gasteiger partial charge on any atom is -0.396 e. The number of rotatable bonds is 4. The summed E-state index contributed by atoms with van der Waals surface area (Å²) in [6, 6.07) is 20.7. The number of hydrogen-bond donors (Lipinski definition) is 1. The van der Waals surface area contributed by atoms with Crippen LogP contribution in [0.25, 0.3) is 0 Å². The largest absolute Gasteiger partial charge is 0.396 e. The summed E-state index contributed by atoms with van der Waals surface area (Å²) in [4.78, 5) is 6.01. The van der Waals surface area contributed by atoms with Crippen LogP contribution in [-0.4, -0.2) is 22.9 Å². The first-order chi connectivity index (χ1) is 10.3. The summed E-state index contributed by atoms with van der Waals surface area (Å²) in [6.45, 7) is 2.88. The maximum absolute atomic E-state index is 9.75. The van der Waals surface area contributed by atoms with Gasteiger partial charge in [0, 0.05) is 12.5 Å². The quantitative estimate of drug-likeness (QED) is 0.935. The Kier molecular flexibility index (Phi) is 4.34. The van der Waals surface area contributed by atoms with Crippen LogP contribution in [0.1, 0.15) is 24.1 Å². The van der Waals surface area contributed by atoms with Crippen LogP contribution in [0.15, 0.2) is 60.7 Å². The monoisotopic (exact) mass is 283 g/mol. The van der Waals surface area contributed by atoms with Gasteiger partial charge in [0.25, 0.3) is 0 Å². The van der Waals surface area contributed by atoms with Crippen molar-refractivity contribution in [2.45, 2.75) is 25.6 Å². The van der Waals surface area contributed by atoms with E-state index in [9.17, 15) is 5.11 Å². The molecule has 1 aliphatic heterocycles. The molecule has 3 atom stereocenters. The molecular formula is C18H21NO2. The summed E-state index contributed by atoms with van der Waals surface area (Å²) in [7, 11) is 0. The van der Waals surface area contributed by atoms with Crippen LogP contribution in [0.4, 0.5) is 0 Å². The lowest BCUT2D eigenvalue weighted by atomic mass is 9.90. The van der Waals surface area contributed by atoms with Gasteiger partial charge >= 0.3 is 0 Å². The van der Waals surface area contributed by atoms with Gasteiger partial charge < -0.3 is 5.11 Å². The van der Waals surface area contributed by atoms with Crippen LogP contribution in [0, 0.1) is 5.92 Å². The molecule has 1 fully saturated rings. The first kappa shape index (κ1) is 14.3. The number of benzene rings is 2. The fourth-order valence-corrected chi connectivity index (χ4v) is 3.04. The highest BCUT2D eigenvalue weighted by Gasteiger charge is 2.41. The van der Waals surface area contributed by atoms with Gasteiger partial charge in [0.2, 0.25) is 0 Å². The topological polar surface area (TPSA) is 32.7 Å². The van der Waals surface area contributed by atoms with Crippen molar-refractivity contribution in [2.75, 3.05) is 6.61 Å². The Morgan fingerprint density at radius 3 is 2.24 bits per heavy atom. The lowest BCUT2D eigenvalue weighted by Crippen LogP contribution is -2.26. The molecule has 3 rings (SSSR count). The molecule has 2 aromatic rings. The molecule has 1 aliphatic rings. The molecule has 0 spiro atoms. The highest BCUT2D eigenvalue weighted by molar-refractivity contribution is 5.22. The normalized spacial score (nSPS) is 26.1. The second-order valence-corrected chi connectivity index (χ2v) is 5.57. The van der Waals surface area contributed by atoms with Crippen molar-refractivity contribution >= 4 is 0 Å². The van der Waals surface area contributed by atoms with Gasteiger partial charge in [-0.05, 0) is 18.1 Å². The van der Waals surface area contributed by atoms with Crippen LogP contribution in [-0.2, 0) is 11.4 Å². The summed E-state index contributed by atoms with van der Waals surface area (Å²) < 4.78 is 0. The number of hydroxylamine groups is 2. The second kappa shape index (κ2) is 6.39. The molecule has 0 unspecified atom stereocenters. The average Bonchev–Trinajstić information content (AvgIpc) is 2.84. The molecule has 0 aromatic heterocycles. The third-order valence-corrected chi connectivity index (χ3v) is 4.15. The molecule has 1 heterocycles. The maximum atomic E-state index is 9.75. The zero-order valence-electron chi connectivity index (χ0n) is 12.2. The SMILES string of the molecule is C[C@H]1ON(Cc2ccccc2)[C@H](c2ccccc2)[C@H]1CO. The summed E-state index contributed by atoms with van der Waals surface area (Å²) >= 11 is 0. The fraction of sp³-hybridized carbons (Fsp3) is 0.333. The van der Waals surface area contributed by atoms with Crippen molar-refractivity contribution in [1.82, 2.24) is 5.06 Å². The van der Waals surface area contributed by atoms with E-state index in [1.165, 1.54) is 11.1 Å². The van der Waals surface area contributed by atoms with Gasteiger partial charge in [0.15, 0.2) is 0 Å². The van der Waals surface area contributed by atoms with Crippen molar-refractivity contribution in [3.63, 3.8) is 0 Å². The summed E-state index contributed by atoms with van der Waals surface area (Å²) in [5.41, 5.74) is 2.40. The predicted octanol–water partition coefficient (Wildman–Crippen LogP) is 3.17. The molecular weight excluding hydrogens is 262 g/mol. The Morgan fingerprint density at radius 1 is 1.00 bits per heavy atom. The Hall–Kier alpha value is -1.68. The van der Waals surface area contributed by atoms with E-state index in [0.29, 0.717) is 0 Å². The first-order valence-electron chi connectivity index (χ1n) is 7.42. The van der Waals surface area contributed by atoms with Crippen LogP contribution < -0.4 is 0 Å². The highest BCUT2D eigenvalue weighted by Crippen LogP contribution is 2.39. The van der Waals surface area contributed by atoms with E-state index >= 15 is 0 Å². The minimum atomic E-state index is 0.0175. The molecule has 2 aromatic carbocycles. The van der Waals surface area contributed by atoms with Gasteiger partial charge in [0.1, 0.15) is 0 Å². The van der Waals surface area contributed by atoms with Gasteiger partial charge in [-0.25, -0.2) is 0 Å². The van der Waals surface area contributed by atoms with Crippen LogP contribution >= 0.6 is 0 Å². The number of hydrogen-bond acceptors (Lipinski definition) is 3. The average molecular weight is 283 g/mol. The predicted molar refractivity (Wildman–Crippen MR) is 82.3 cm³/mol. The molecule has 0 saturated carbocycles. The van der Waals surface area contributed by atoms with Gasteiger partial charge in [-0.1, -0.05) is 60.7 Å². The standard InChI is InChI=1S/C18H21NO2/c1-14-17(13-20)18(16-10-6-3-7-11-16)19(21-14)12-15-8-4-2-5-9-15/h2-11,14,17-18,20H,12-13H2,1H3/t14-,17+,18-/m1/s1. The Balaban J connectivity index is 1.87. The zero-order chi connectivity index (χ0) is 14.7. The molecule has 3 nitrogen and oxygen atoms in total. The lowest BCUT2D eigenvalue weighted by molar-refractivity contribution is -0.166. The van der Waals surface area contributed by atoms with Crippen molar-refractivity contribution < 1.29 is 9.94 Å². The first-order valence-corrected chi connectivity index (χ1v) is 7.42. The third-order valence-electron chi connectivity index (χ3n) is 4.15. The smallest absolute Gasteiger partial charge is 0.0834 e. The van der Waals surface area contributed by atoms with Gasteiger partial charge in [0.05, 0.1) is 18.8 Å². The van der Waals surface area contributed by atoms with E-state index in [4.69, 9.17) is 4.84 Å². The summed E-state index contributed by atoms with van der Waals surface area (Å²) in [6.07, 6.45) is 0.0175. The molecule has 110 valence electrons. The van der Waals surface area contributed by atoms with E-state index in [2.05, 4.69) is 24.3 Å².